The van der Waals surface area contributed by atoms with Crippen LogP contribution in [-0.2, 0) is 4.79 Å². The largest absolute Gasteiger partial charge is 0.508 e. The maximum atomic E-state index is 11.8. The molecule has 0 bridgehead atoms. The van der Waals surface area contributed by atoms with Crippen LogP contribution in [-0.4, -0.2) is 16.7 Å². The van der Waals surface area contributed by atoms with Crippen LogP contribution >= 0.6 is 0 Å². The first kappa shape index (κ1) is 19.2. The van der Waals surface area contributed by atoms with E-state index >= 15 is 0 Å². The SMILES string of the molecule is CCCCCCCCCCC(=O)NN=C(C)c1cccc(O)c1. The first-order valence-electron chi connectivity index (χ1n) is 8.76. The number of carbonyl (C=O) groups is 1. The van der Waals surface area contributed by atoms with E-state index in [0.29, 0.717) is 12.1 Å². The Hall–Kier alpha value is -1.84. The minimum atomic E-state index is -0.0458. The zero-order valence-electron chi connectivity index (χ0n) is 14.5. The van der Waals surface area contributed by atoms with Crippen LogP contribution in [0.4, 0.5) is 0 Å². The normalized spacial score (nSPS) is 11.5. The monoisotopic (exact) mass is 318 g/mol. The molecule has 0 atom stereocenters. The fourth-order valence-electron chi connectivity index (χ4n) is 2.42. The highest BCUT2D eigenvalue weighted by Gasteiger charge is 2.02. The van der Waals surface area contributed by atoms with Gasteiger partial charge in [0.05, 0.1) is 5.71 Å². The first-order valence-corrected chi connectivity index (χ1v) is 8.76. The van der Waals surface area contributed by atoms with Crippen molar-refractivity contribution in [3.63, 3.8) is 0 Å². The Kier molecular flexibility index (Phi) is 9.76. The van der Waals surface area contributed by atoms with Gasteiger partial charge in [-0.1, -0.05) is 64.0 Å². The van der Waals surface area contributed by atoms with Crippen molar-refractivity contribution in [1.82, 2.24) is 5.43 Å². The average Bonchev–Trinajstić information content (AvgIpc) is 2.55. The van der Waals surface area contributed by atoms with Gasteiger partial charge in [-0.2, -0.15) is 5.10 Å². The molecule has 0 saturated heterocycles. The molecular weight excluding hydrogens is 288 g/mol. The third-order valence-corrected chi connectivity index (χ3v) is 3.87. The van der Waals surface area contributed by atoms with E-state index in [1.54, 1.807) is 18.2 Å². The molecule has 0 radical (unpaired) electrons. The van der Waals surface area contributed by atoms with Crippen molar-refractivity contribution in [1.29, 1.82) is 0 Å². The summed E-state index contributed by atoms with van der Waals surface area (Å²) < 4.78 is 0. The standard InChI is InChI=1S/C19H30N2O2/c1-3-4-5-6-7-8-9-10-14-19(23)21-20-16(2)17-12-11-13-18(22)15-17/h11-13,15,22H,3-10,14H2,1-2H3,(H,21,23). The van der Waals surface area contributed by atoms with Crippen molar-refractivity contribution < 1.29 is 9.90 Å². The lowest BCUT2D eigenvalue weighted by Gasteiger charge is -2.04. The zero-order valence-corrected chi connectivity index (χ0v) is 14.5. The molecule has 4 heteroatoms. The highest BCUT2D eigenvalue weighted by Crippen LogP contribution is 2.12. The van der Waals surface area contributed by atoms with Gasteiger partial charge in [0, 0.05) is 12.0 Å². The van der Waals surface area contributed by atoms with E-state index in [1.165, 1.54) is 38.5 Å². The Bertz CT molecular complexity index is 498. The summed E-state index contributed by atoms with van der Waals surface area (Å²) in [7, 11) is 0. The fourth-order valence-corrected chi connectivity index (χ4v) is 2.42. The van der Waals surface area contributed by atoms with Crippen molar-refractivity contribution in [3.05, 3.63) is 29.8 Å². The van der Waals surface area contributed by atoms with Crippen LogP contribution in [0.2, 0.25) is 0 Å². The molecule has 0 saturated carbocycles. The Morgan fingerprint density at radius 2 is 1.74 bits per heavy atom. The molecule has 0 aliphatic heterocycles. The van der Waals surface area contributed by atoms with E-state index in [-0.39, 0.29) is 11.7 Å². The molecule has 23 heavy (non-hydrogen) atoms. The number of hydrazone groups is 1. The lowest BCUT2D eigenvalue weighted by atomic mass is 10.1. The van der Waals surface area contributed by atoms with Gasteiger partial charge in [0.1, 0.15) is 5.75 Å². The molecule has 1 rings (SSSR count). The molecule has 0 fully saturated rings. The molecule has 0 aliphatic carbocycles. The highest BCUT2D eigenvalue weighted by molar-refractivity contribution is 5.99. The van der Waals surface area contributed by atoms with E-state index in [0.717, 1.165) is 18.4 Å². The van der Waals surface area contributed by atoms with E-state index < -0.39 is 0 Å². The number of phenolic OH excluding ortho intramolecular Hbond substituents is 1. The van der Waals surface area contributed by atoms with Crippen LogP contribution in [0.25, 0.3) is 0 Å². The maximum absolute atomic E-state index is 11.8. The second kappa shape index (κ2) is 11.7. The molecule has 0 heterocycles. The van der Waals surface area contributed by atoms with Gasteiger partial charge in [0.15, 0.2) is 0 Å². The minimum Gasteiger partial charge on any atom is -0.508 e. The fraction of sp³-hybridized carbons (Fsp3) is 0.579. The number of benzene rings is 1. The van der Waals surface area contributed by atoms with Crippen LogP contribution in [0.3, 0.4) is 0 Å². The molecule has 1 amide bonds. The van der Waals surface area contributed by atoms with Crippen LogP contribution in [0.15, 0.2) is 29.4 Å². The van der Waals surface area contributed by atoms with Crippen molar-refractivity contribution in [2.24, 2.45) is 5.10 Å². The van der Waals surface area contributed by atoms with E-state index in [2.05, 4.69) is 17.5 Å². The second-order valence-corrected chi connectivity index (χ2v) is 6.01. The number of carbonyl (C=O) groups excluding carboxylic acids is 1. The Morgan fingerprint density at radius 1 is 1.09 bits per heavy atom. The quantitative estimate of drug-likeness (QED) is 0.351. The van der Waals surface area contributed by atoms with Crippen LogP contribution in [0.1, 0.15) is 77.2 Å². The Morgan fingerprint density at radius 3 is 2.39 bits per heavy atom. The molecule has 0 spiro atoms. The topological polar surface area (TPSA) is 61.7 Å². The van der Waals surface area contributed by atoms with E-state index in [1.807, 2.05) is 13.0 Å². The van der Waals surface area contributed by atoms with Crippen LogP contribution in [0, 0.1) is 0 Å². The highest BCUT2D eigenvalue weighted by atomic mass is 16.3. The summed E-state index contributed by atoms with van der Waals surface area (Å²) in [6.45, 7) is 4.04. The molecule has 0 unspecified atom stereocenters. The van der Waals surface area contributed by atoms with Crippen LogP contribution in [0.5, 0.6) is 5.75 Å². The number of nitrogens with one attached hydrogen (secondary N) is 1. The number of nitrogens with zero attached hydrogens (tertiary/aromatic N) is 1. The molecule has 0 aromatic heterocycles. The number of hydrogen-bond acceptors (Lipinski definition) is 3. The molecular formula is C19H30N2O2. The van der Waals surface area contributed by atoms with Crippen LogP contribution < -0.4 is 5.43 Å². The van der Waals surface area contributed by atoms with Crippen molar-refractivity contribution >= 4 is 11.6 Å². The van der Waals surface area contributed by atoms with Crippen molar-refractivity contribution in [3.8, 4) is 5.75 Å². The lowest BCUT2D eigenvalue weighted by Crippen LogP contribution is -2.18. The van der Waals surface area contributed by atoms with E-state index in [9.17, 15) is 9.90 Å². The van der Waals surface area contributed by atoms with Gasteiger partial charge < -0.3 is 5.11 Å². The molecule has 4 nitrogen and oxygen atoms in total. The predicted molar refractivity (Wildman–Crippen MR) is 95.7 cm³/mol. The van der Waals surface area contributed by atoms with Gasteiger partial charge in [-0.25, -0.2) is 5.43 Å². The number of rotatable bonds is 11. The predicted octanol–water partition coefficient (Wildman–Crippen LogP) is 4.76. The lowest BCUT2D eigenvalue weighted by molar-refractivity contribution is -0.121. The van der Waals surface area contributed by atoms with Gasteiger partial charge >= 0.3 is 0 Å². The Labute approximate surface area is 140 Å². The van der Waals surface area contributed by atoms with Crippen molar-refractivity contribution in [2.75, 3.05) is 0 Å². The Balaban J connectivity index is 2.15. The summed E-state index contributed by atoms with van der Waals surface area (Å²) >= 11 is 0. The molecule has 1 aromatic carbocycles. The third kappa shape index (κ3) is 9.01. The maximum Gasteiger partial charge on any atom is 0.240 e. The third-order valence-electron chi connectivity index (χ3n) is 3.87. The second-order valence-electron chi connectivity index (χ2n) is 6.01. The molecule has 0 aliphatic rings. The summed E-state index contributed by atoms with van der Waals surface area (Å²) in [5, 5.41) is 13.5. The molecule has 1 aromatic rings. The van der Waals surface area contributed by atoms with Gasteiger partial charge in [0.25, 0.3) is 0 Å². The summed E-state index contributed by atoms with van der Waals surface area (Å²) in [4.78, 5) is 11.8. The van der Waals surface area contributed by atoms with E-state index in [4.69, 9.17) is 0 Å². The number of unbranched alkanes of at least 4 members (excludes halogenated alkanes) is 7. The number of aromatic hydroxyl groups is 1. The molecule has 2 N–H and O–H groups in total. The summed E-state index contributed by atoms with van der Waals surface area (Å²) in [5.41, 5.74) is 4.08. The number of phenols is 1. The molecule has 128 valence electrons. The first-order chi connectivity index (χ1) is 11.1. The number of hydrogen-bond donors (Lipinski definition) is 2. The van der Waals surface area contributed by atoms with Gasteiger partial charge in [-0.15, -0.1) is 0 Å². The van der Waals surface area contributed by atoms with Gasteiger partial charge in [0.2, 0.25) is 5.91 Å². The van der Waals surface area contributed by atoms with Gasteiger partial charge in [-0.3, -0.25) is 4.79 Å². The summed E-state index contributed by atoms with van der Waals surface area (Å²) in [6, 6.07) is 6.84. The zero-order chi connectivity index (χ0) is 16.9. The minimum absolute atomic E-state index is 0.0458. The average molecular weight is 318 g/mol. The van der Waals surface area contributed by atoms with Crippen molar-refractivity contribution in [2.45, 2.75) is 71.6 Å². The summed E-state index contributed by atoms with van der Waals surface area (Å²) in [6.07, 6.45) is 10.3. The number of amides is 1. The smallest absolute Gasteiger partial charge is 0.240 e. The van der Waals surface area contributed by atoms with Gasteiger partial charge in [-0.05, 0) is 25.5 Å². The summed E-state index contributed by atoms with van der Waals surface area (Å²) in [5.74, 6) is 0.151.